The van der Waals surface area contributed by atoms with E-state index in [2.05, 4.69) is 25.7 Å². The summed E-state index contributed by atoms with van der Waals surface area (Å²) >= 11 is 12.0. The zero-order chi connectivity index (χ0) is 15.9. The zero-order valence-corrected chi connectivity index (χ0v) is 16.7. The van der Waals surface area contributed by atoms with Gasteiger partial charge in [0.15, 0.2) is 5.96 Å². The lowest BCUT2D eigenvalue weighted by molar-refractivity contribution is 0.673. The molecule has 0 saturated heterocycles. The number of nitrogens with one attached hydrogen (secondary N) is 2. The van der Waals surface area contributed by atoms with E-state index in [1.807, 2.05) is 20.0 Å². The van der Waals surface area contributed by atoms with Crippen LogP contribution in [0, 0.1) is 0 Å². The van der Waals surface area contributed by atoms with Crippen molar-refractivity contribution < 1.29 is 0 Å². The summed E-state index contributed by atoms with van der Waals surface area (Å²) in [5.41, 5.74) is 0.918. The molecule has 0 atom stereocenters. The molecule has 0 fully saturated rings. The van der Waals surface area contributed by atoms with Crippen molar-refractivity contribution in [3.63, 3.8) is 0 Å². The summed E-state index contributed by atoms with van der Waals surface area (Å²) in [6.45, 7) is 3.77. The van der Waals surface area contributed by atoms with Crippen molar-refractivity contribution in [2.75, 3.05) is 6.54 Å². The molecule has 0 radical (unpaired) electrons. The van der Waals surface area contributed by atoms with Gasteiger partial charge in [-0.2, -0.15) is 5.10 Å². The van der Waals surface area contributed by atoms with Crippen LogP contribution in [0.15, 0.2) is 29.5 Å². The maximum Gasteiger partial charge on any atom is 0.191 e. The molecule has 0 amide bonds. The van der Waals surface area contributed by atoms with Gasteiger partial charge in [0.05, 0.1) is 13.1 Å². The first-order valence-corrected chi connectivity index (χ1v) is 7.64. The number of hydrogen-bond donors (Lipinski definition) is 2. The molecular formula is C14H19Cl2IN6. The molecule has 1 heterocycles. The average Bonchev–Trinajstić information content (AvgIpc) is 2.89. The average molecular weight is 469 g/mol. The van der Waals surface area contributed by atoms with E-state index in [1.165, 1.54) is 6.33 Å². The minimum Gasteiger partial charge on any atom is -0.357 e. The fourth-order valence-corrected chi connectivity index (χ4v) is 2.27. The molecule has 0 unspecified atom stereocenters. The quantitative estimate of drug-likeness (QED) is 0.402. The molecular weight excluding hydrogens is 450 g/mol. The zero-order valence-electron chi connectivity index (χ0n) is 12.9. The Bertz CT molecular complexity index is 658. The maximum absolute atomic E-state index is 6.15. The van der Waals surface area contributed by atoms with Crippen LogP contribution in [-0.4, -0.2) is 27.3 Å². The van der Waals surface area contributed by atoms with Crippen molar-refractivity contribution in [2.45, 2.75) is 20.0 Å². The van der Waals surface area contributed by atoms with Crippen LogP contribution in [0.5, 0.6) is 0 Å². The van der Waals surface area contributed by atoms with Gasteiger partial charge in [0, 0.05) is 23.6 Å². The topological polar surface area (TPSA) is 67.1 Å². The smallest absolute Gasteiger partial charge is 0.191 e. The third kappa shape index (κ3) is 6.15. The Hall–Kier alpha value is -1.06. The van der Waals surface area contributed by atoms with E-state index in [0.29, 0.717) is 29.1 Å². The lowest BCUT2D eigenvalue weighted by atomic mass is 10.2. The van der Waals surface area contributed by atoms with E-state index < -0.39 is 0 Å². The Balaban J connectivity index is 0.00000264. The molecule has 2 aromatic rings. The summed E-state index contributed by atoms with van der Waals surface area (Å²) in [5, 5.41) is 11.6. The van der Waals surface area contributed by atoms with Gasteiger partial charge in [0.1, 0.15) is 12.2 Å². The van der Waals surface area contributed by atoms with Crippen molar-refractivity contribution in [1.82, 2.24) is 25.4 Å². The molecule has 126 valence electrons. The Kier molecular flexibility index (Phi) is 8.64. The first-order valence-electron chi connectivity index (χ1n) is 6.89. The molecule has 1 aromatic carbocycles. The lowest BCUT2D eigenvalue weighted by Gasteiger charge is -2.11. The summed E-state index contributed by atoms with van der Waals surface area (Å²) in [4.78, 5) is 8.67. The molecule has 1 aromatic heterocycles. The highest BCUT2D eigenvalue weighted by Gasteiger charge is 2.04. The van der Waals surface area contributed by atoms with Gasteiger partial charge >= 0.3 is 0 Å². The fourth-order valence-electron chi connectivity index (χ4n) is 1.80. The second-order valence-electron chi connectivity index (χ2n) is 4.58. The molecule has 0 saturated carbocycles. The minimum absolute atomic E-state index is 0. The van der Waals surface area contributed by atoms with E-state index in [-0.39, 0.29) is 24.0 Å². The van der Waals surface area contributed by atoms with E-state index in [4.69, 9.17) is 23.2 Å². The van der Waals surface area contributed by atoms with Crippen LogP contribution in [-0.2, 0) is 20.1 Å². The van der Waals surface area contributed by atoms with E-state index in [0.717, 1.165) is 17.9 Å². The van der Waals surface area contributed by atoms with Gasteiger partial charge < -0.3 is 10.6 Å². The Morgan fingerprint density at radius 3 is 2.70 bits per heavy atom. The number of nitrogens with zero attached hydrogens (tertiary/aromatic N) is 4. The number of aromatic nitrogens is 3. The van der Waals surface area contributed by atoms with Gasteiger partial charge in [-0.25, -0.2) is 9.98 Å². The standard InChI is InChI=1S/C14H18Cl2N6.HI/c1-3-17-14(19-8-13-20-9-21-22(13)2)18-7-10-4-5-11(15)6-12(10)16;/h4-6,9H,3,7-8H2,1-2H3,(H2,17,18,19);1H. The molecule has 0 spiro atoms. The van der Waals surface area contributed by atoms with Gasteiger partial charge in [-0.1, -0.05) is 29.3 Å². The van der Waals surface area contributed by atoms with Crippen LogP contribution >= 0.6 is 47.2 Å². The second-order valence-corrected chi connectivity index (χ2v) is 5.43. The summed E-state index contributed by atoms with van der Waals surface area (Å²) in [6, 6.07) is 5.40. The lowest BCUT2D eigenvalue weighted by Crippen LogP contribution is -2.37. The normalized spacial score (nSPS) is 11.0. The number of benzene rings is 1. The Morgan fingerprint density at radius 2 is 2.09 bits per heavy atom. The van der Waals surface area contributed by atoms with E-state index >= 15 is 0 Å². The summed E-state index contributed by atoms with van der Waals surface area (Å²) in [7, 11) is 1.85. The highest BCUT2D eigenvalue weighted by atomic mass is 127. The van der Waals surface area contributed by atoms with Gasteiger partial charge in [0.2, 0.25) is 0 Å². The Morgan fingerprint density at radius 1 is 1.30 bits per heavy atom. The largest absolute Gasteiger partial charge is 0.357 e. The number of hydrogen-bond acceptors (Lipinski definition) is 3. The van der Waals surface area contributed by atoms with Crippen LogP contribution in [0.25, 0.3) is 0 Å². The number of guanidine groups is 1. The van der Waals surface area contributed by atoms with Crippen LogP contribution < -0.4 is 10.6 Å². The summed E-state index contributed by atoms with van der Waals surface area (Å²) in [6.07, 6.45) is 1.52. The summed E-state index contributed by atoms with van der Waals surface area (Å²) < 4.78 is 1.71. The molecule has 0 aliphatic rings. The molecule has 0 bridgehead atoms. The van der Waals surface area contributed by atoms with E-state index in [1.54, 1.807) is 16.8 Å². The predicted molar refractivity (Wildman–Crippen MR) is 105 cm³/mol. The molecule has 2 rings (SSSR count). The monoisotopic (exact) mass is 468 g/mol. The SMILES string of the molecule is CCNC(=NCc1ccc(Cl)cc1Cl)NCc1ncnn1C.I. The molecule has 0 aliphatic carbocycles. The molecule has 6 nitrogen and oxygen atoms in total. The minimum atomic E-state index is 0. The number of aliphatic imine (C=N–C) groups is 1. The molecule has 9 heteroatoms. The molecule has 0 aliphatic heterocycles. The summed E-state index contributed by atoms with van der Waals surface area (Å²) in [5.74, 6) is 1.52. The first-order chi connectivity index (χ1) is 10.6. The van der Waals surface area contributed by atoms with Crippen molar-refractivity contribution >= 4 is 53.1 Å². The highest BCUT2D eigenvalue weighted by molar-refractivity contribution is 14.0. The van der Waals surface area contributed by atoms with Crippen LogP contribution in [0.2, 0.25) is 10.0 Å². The van der Waals surface area contributed by atoms with Gasteiger partial charge in [-0.05, 0) is 24.6 Å². The van der Waals surface area contributed by atoms with Crippen molar-refractivity contribution in [3.8, 4) is 0 Å². The number of halogens is 3. The number of rotatable bonds is 5. The van der Waals surface area contributed by atoms with Crippen LogP contribution in [0.4, 0.5) is 0 Å². The third-order valence-corrected chi connectivity index (χ3v) is 3.57. The van der Waals surface area contributed by atoms with Crippen molar-refractivity contribution in [3.05, 3.63) is 46.0 Å². The predicted octanol–water partition coefficient (Wildman–Crippen LogP) is 3.00. The Labute approximate surface area is 162 Å². The van der Waals surface area contributed by atoms with Gasteiger partial charge in [-0.3, -0.25) is 4.68 Å². The molecule has 2 N–H and O–H groups in total. The van der Waals surface area contributed by atoms with Crippen molar-refractivity contribution in [2.24, 2.45) is 12.0 Å². The number of aryl methyl sites for hydroxylation is 1. The molecule has 23 heavy (non-hydrogen) atoms. The van der Waals surface area contributed by atoms with Crippen LogP contribution in [0.3, 0.4) is 0 Å². The fraction of sp³-hybridized carbons (Fsp3) is 0.357. The van der Waals surface area contributed by atoms with Crippen LogP contribution in [0.1, 0.15) is 18.3 Å². The first kappa shape index (κ1) is 20.0. The van der Waals surface area contributed by atoms with Crippen molar-refractivity contribution in [1.29, 1.82) is 0 Å². The van der Waals surface area contributed by atoms with Gasteiger partial charge in [0.25, 0.3) is 0 Å². The third-order valence-electron chi connectivity index (χ3n) is 2.99. The maximum atomic E-state index is 6.15. The van der Waals surface area contributed by atoms with Gasteiger partial charge in [-0.15, -0.1) is 24.0 Å². The van der Waals surface area contributed by atoms with E-state index in [9.17, 15) is 0 Å². The highest BCUT2D eigenvalue weighted by Crippen LogP contribution is 2.21. The second kappa shape index (κ2) is 9.94.